The maximum atomic E-state index is 12.0. The zero-order valence-corrected chi connectivity index (χ0v) is 12.9. The predicted molar refractivity (Wildman–Crippen MR) is 83.1 cm³/mol. The monoisotopic (exact) mass is 292 g/mol. The number of hydrogen-bond donors (Lipinski definition) is 3. The fourth-order valence-corrected chi connectivity index (χ4v) is 1.99. The van der Waals surface area contributed by atoms with Crippen molar-refractivity contribution in [1.29, 1.82) is 0 Å². The molecule has 0 fully saturated rings. The Morgan fingerprint density at radius 1 is 1.14 bits per heavy atom. The summed E-state index contributed by atoms with van der Waals surface area (Å²) >= 11 is 0. The molecule has 0 heterocycles. The van der Waals surface area contributed by atoms with E-state index in [4.69, 9.17) is 5.11 Å². The molecule has 2 amide bonds. The number of hydrogen-bond acceptors (Lipinski definition) is 3. The van der Waals surface area contributed by atoms with Gasteiger partial charge in [0, 0.05) is 18.8 Å². The molecule has 0 bridgehead atoms. The molecule has 1 unspecified atom stereocenters. The topological polar surface area (TPSA) is 78.4 Å². The van der Waals surface area contributed by atoms with Gasteiger partial charge in [0.25, 0.3) is 0 Å². The Balaban J connectivity index is 2.76. The lowest BCUT2D eigenvalue weighted by atomic mass is 10.0. The third kappa shape index (κ3) is 4.86. The molecule has 0 aromatic heterocycles. The van der Waals surface area contributed by atoms with Crippen LogP contribution in [0.2, 0.25) is 0 Å². The van der Waals surface area contributed by atoms with E-state index in [9.17, 15) is 9.59 Å². The maximum absolute atomic E-state index is 12.0. The van der Waals surface area contributed by atoms with Crippen LogP contribution in [-0.4, -0.2) is 30.1 Å². The van der Waals surface area contributed by atoms with E-state index in [2.05, 4.69) is 10.6 Å². The van der Waals surface area contributed by atoms with Crippen molar-refractivity contribution in [3.8, 4) is 0 Å². The summed E-state index contributed by atoms with van der Waals surface area (Å²) < 4.78 is 0. The van der Waals surface area contributed by atoms with E-state index >= 15 is 0 Å². The molecule has 0 aliphatic rings. The van der Waals surface area contributed by atoms with Crippen LogP contribution in [0.25, 0.3) is 0 Å². The Morgan fingerprint density at radius 3 is 2.19 bits per heavy atom. The minimum Gasteiger partial charge on any atom is -0.396 e. The lowest BCUT2D eigenvalue weighted by molar-refractivity contribution is -0.136. The molecule has 116 valence electrons. The maximum Gasteiger partial charge on any atom is 0.313 e. The molecule has 0 saturated heterocycles. The van der Waals surface area contributed by atoms with Crippen molar-refractivity contribution in [3.05, 3.63) is 29.3 Å². The Bertz CT molecular complexity index is 478. The largest absolute Gasteiger partial charge is 0.396 e. The molecule has 0 aliphatic carbocycles. The second kappa shape index (κ2) is 8.42. The SMILES string of the molecule is CCc1cccc(CC)c1NC(=O)C(=O)NCC(C)CO. The lowest BCUT2D eigenvalue weighted by Crippen LogP contribution is -2.38. The third-order valence-electron chi connectivity index (χ3n) is 3.37. The van der Waals surface area contributed by atoms with Crippen molar-refractivity contribution in [1.82, 2.24) is 5.32 Å². The highest BCUT2D eigenvalue weighted by Gasteiger charge is 2.17. The smallest absolute Gasteiger partial charge is 0.313 e. The van der Waals surface area contributed by atoms with Crippen molar-refractivity contribution < 1.29 is 14.7 Å². The van der Waals surface area contributed by atoms with E-state index in [0.717, 1.165) is 29.7 Å². The van der Waals surface area contributed by atoms with Gasteiger partial charge in [0.1, 0.15) is 0 Å². The zero-order chi connectivity index (χ0) is 15.8. The summed E-state index contributed by atoms with van der Waals surface area (Å²) in [4.78, 5) is 23.7. The Hall–Kier alpha value is -1.88. The fourth-order valence-electron chi connectivity index (χ4n) is 1.99. The van der Waals surface area contributed by atoms with Gasteiger partial charge in [0.05, 0.1) is 0 Å². The molecule has 1 atom stereocenters. The van der Waals surface area contributed by atoms with Crippen LogP contribution in [0.5, 0.6) is 0 Å². The number of amides is 2. The van der Waals surface area contributed by atoms with Crippen LogP contribution < -0.4 is 10.6 Å². The van der Waals surface area contributed by atoms with E-state index in [1.807, 2.05) is 32.0 Å². The van der Waals surface area contributed by atoms with E-state index in [-0.39, 0.29) is 19.1 Å². The van der Waals surface area contributed by atoms with Crippen LogP contribution in [0.15, 0.2) is 18.2 Å². The minimum atomic E-state index is -0.678. The molecule has 0 radical (unpaired) electrons. The van der Waals surface area contributed by atoms with Gasteiger partial charge in [-0.05, 0) is 29.9 Å². The molecular weight excluding hydrogens is 268 g/mol. The van der Waals surface area contributed by atoms with Gasteiger partial charge in [-0.15, -0.1) is 0 Å². The normalized spacial score (nSPS) is 11.8. The highest BCUT2D eigenvalue weighted by Crippen LogP contribution is 2.22. The van der Waals surface area contributed by atoms with Crippen LogP contribution >= 0.6 is 0 Å². The quantitative estimate of drug-likeness (QED) is 0.695. The van der Waals surface area contributed by atoms with Crippen LogP contribution in [0.4, 0.5) is 5.69 Å². The van der Waals surface area contributed by atoms with Crippen LogP contribution in [0.3, 0.4) is 0 Å². The summed E-state index contributed by atoms with van der Waals surface area (Å²) in [7, 11) is 0. The summed E-state index contributed by atoms with van der Waals surface area (Å²) in [5.41, 5.74) is 2.76. The van der Waals surface area contributed by atoms with E-state index < -0.39 is 11.8 Å². The molecular formula is C16H24N2O3. The highest BCUT2D eigenvalue weighted by atomic mass is 16.3. The van der Waals surface area contributed by atoms with E-state index in [1.54, 1.807) is 6.92 Å². The van der Waals surface area contributed by atoms with Gasteiger partial charge in [-0.1, -0.05) is 39.0 Å². The zero-order valence-electron chi connectivity index (χ0n) is 12.9. The first kappa shape index (κ1) is 17.2. The number of carbonyl (C=O) groups is 2. The summed E-state index contributed by atoms with van der Waals surface area (Å²) in [5, 5.41) is 14.1. The van der Waals surface area contributed by atoms with Gasteiger partial charge in [0.15, 0.2) is 0 Å². The van der Waals surface area contributed by atoms with Crippen molar-refractivity contribution in [3.63, 3.8) is 0 Å². The molecule has 1 aromatic rings. The van der Waals surface area contributed by atoms with Crippen molar-refractivity contribution in [2.45, 2.75) is 33.6 Å². The number of aryl methyl sites for hydroxylation is 2. The molecule has 1 rings (SSSR count). The van der Waals surface area contributed by atoms with Crippen molar-refractivity contribution in [2.75, 3.05) is 18.5 Å². The fraction of sp³-hybridized carbons (Fsp3) is 0.500. The van der Waals surface area contributed by atoms with Crippen molar-refractivity contribution in [2.24, 2.45) is 5.92 Å². The third-order valence-corrected chi connectivity index (χ3v) is 3.37. The first-order valence-corrected chi connectivity index (χ1v) is 7.34. The highest BCUT2D eigenvalue weighted by molar-refractivity contribution is 6.39. The molecule has 21 heavy (non-hydrogen) atoms. The first-order chi connectivity index (χ1) is 10.0. The Labute approximate surface area is 125 Å². The molecule has 0 saturated carbocycles. The van der Waals surface area contributed by atoms with Gasteiger partial charge in [-0.3, -0.25) is 9.59 Å². The van der Waals surface area contributed by atoms with Gasteiger partial charge >= 0.3 is 11.8 Å². The standard InChI is InChI=1S/C16H24N2O3/c1-4-12-7-6-8-13(5-2)14(12)18-16(21)15(20)17-9-11(3)10-19/h6-8,11,19H,4-5,9-10H2,1-3H3,(H,17,20)(H,18,21). The molecule has 5 heteroatoms. The van der Waals surface area contributed by atoms with Gasteiger partial charge in [-0.2, -0.15) is 0 Å². The second-order valence-corrected chi connectivity index (χ2v) is 5.11. The predicted octanol–water partition coefficient (Wildman–Crippen LogP) is 1.49. The molecule has 0 spiro atoms. The number of aliphatic hydroxyl groups is 1. The van der Waals surface area contributed by atoms with Crippen LogP contribution in [0.1, 0.15) is 31.9 Å². The number of rotatable bonds is 6. The van der Waals surface area contributed by atoms with Gasteiger partial charge in [0.2, 0.25) is 0 Å². The number of anilines is 1. The molecule has 5 nitrogen and oxygen atoms in total. The van der Waals surface area contributed by atoms with E-state index in [0.29, 0.717) is 0 Å². The van der Waals surface area contributed by atoms with E-state index in [1.165, 1.54) is 0 Å². The number of nitrogens with one attached hydrogen (secondary N) is 2. The number of para-hydroxylation sites is 1. The number of benzene rings is 1. The Kier molecular flexibility index (Phi) is 6.88. The number of carbonyl (C=O) groups excluding carboxylic acids is 2. The average Bonchev–Trinajstić information content (AvgIpc) is 2.51. The summed E-state index contributed by atoms with van der Waals surface area (Å²) in [6.07, 6.45) is 1.57. The average molecular weight is 292 g/mol. The molecule has 0 aliphatic heterocycles. The number of aliphatic hydroxyl groups excluding tert-OH is 1. The molecule has 3 N–H and O–H groups in total. The summed E-state index contributed by atoms with van der Waals surface area (Å²) in [6.45, 7) is 6.06. The Morgan fingerprint density at radius 2 is 1.71 bits per heavy atom. The summed E-state index contributed by atoms with van der Waals surface area (Å²) in [5.74, 6) is -1.42. The van der Waals surface area contributed by atoms with Crippen LogP contribution in [-0.2, 0) is 22.4 Å². The first-order valence-electron chi connectivity index (χ1n) is 7.34. The minimum absolute atomic E-state index is 0.0272. The van der Waals surface area contributed by atoms with Crippen LogP contribution in [0, 0.1) is 5.92 Å². The molecule has 1 aromatic carbocycles. The van der Waals surface area contributed by atoms with Crippen molar-refractivity contribution >= 4 is 17.5 Å². The van der Waals surface area contributed by atoms with Gasteiger partial charge in [-0.25, -0.2) is 0 Å². The van der Waals surface area contributed by atoms with Gasteiger partial charge < -0.3 is 15.7 Å². The summed E-state index contributed by atoms with van der Waals surface area (Å²) in [6, 6.07) is 5.84. The lowest BCUT2D eigenvalue weighted by Gasteiger charge is -2.14. The second-order valence-electron chi connectivity index (χ2n) is 5.11.